The molecule has 1 aromatic carbocycles. The SMILES string of the molecule is CCC(=O)c1c(CC)[nH]c2ccc(Cl)cc12. The Kier molecular flexibility index (Phi) is 3.01. The van der Waals surface area contributed by atoms with Gasteiger partial charge in [0.1, 0.15) is 0 Å². The Morgan fingerprint density at radius 2 is 2.12 bits per heavy atom. The van der Waals surface area contributed by atoms with E-state index in [2.05, 4.69) is 4.98 Å². The van der Waals surface area contributed by atoms with Crippen molar-refractivity contribution in [3.05, 3.63) is 34.5 Å². The molecule has 0 radical (unpaired) electrons. The summed E-state index contributed by atoms with van der Waals surface area (Å²) >= 11 is 5.97. The van der Waals surface area contributed by atoms with Crippen molar-refractivity contribution >= 4 is 28.3 Å². The van der Waals surface area contributed by atoms with E-state index in [1.165, 1.54) is 0 Å². The molecule has 0 saturated heterocycles. The summed E-state index contributed by atoms with van der Waals surface area (Å²) < 4.78 is 0. The number of nitrogens with one attached hydrogen (secondary N) is 1. The number of benzene rings is 1. The van der Waals surface area contributed by atoms with Gasteiger partial charge >= 0.3 is 0 Å². The second kappa shape index (κ2) is 4.30. The maximum Gasteiger partial charge on any atom is 0.165 e. The highest BCUT2D eigenvalue weighted by Gasteiger charge is 2.15. The molecule has 3 heteroatoms. The number of carbonyl (C=O) groups is 1. The van der Waals surface area contributed by atoms with Crippen LogP contribution in [0.15, 0.2) is 18.2 Å². The number of Topliss-reactive ketones (excluding diaryl/α,β-unsaturated/α-hetero) is 1. The first-order valence-electron chi connectivity index (χ1n) is 5.50. The second-order valence-corrected chi connectivity index (χ2v) is 4.24. The first-order chi connectivity index (χ1) is 7.67. The first kappa shape index (κ1) is 11.2. The van der Waals surface area contributed by atoms with Crippen LogP contribution in [0.5, 0.6) is 0 Å². The molecule has 1 aromatic heterocycles. The molecule has 0 aliphatic carbocycles. The van der Waals surface area contributed by atoms with Gasteiger partial charge in [-0.15, -0.1) is 0 Å². The molecule has 84 valence electrons. The van der Waals surface area contributed by atoms with E-state index in [1.807, 2.05) is 32.0 Å². The predicted octanol–water partition coefficient (Wildman–Crippen LogP) is 3.98. The number of ketones is 1. The number of hydrogen-bond acceptors (Lipinski definition) is 1. The fourth-order valence-electron chi connectivity index (χ4n) is 1.98. The van der Waals surface area contributed by atoms with Gasteiger partial charge in [0.25, 0.3) is 0 Å². The third kappa shape index (κ3) is 1.74. The number of halogens is 1. The highest BCUT2D eigenvalue weighted by Crippen LogP contribution is 2.27. The van der Waals surface area contributed by atoms with Crippen molar-refractivity contribution < 1.29 is 4.79 Å². The number of fused-ring (bicyclic) bond motifs is 1. The van der Waals surface area contributed by atoms with Crippen molar-refractivity contribution in [2.24, 2.45) is 0 Å². The normalized spacial score (nSPS) is 10.9. The van der Waals surface area contributed by atoms with Crippen LogP contribution in [-0.4, -0.2) is 10.8 Å². The Morgan fingerprint density at radius 1 is 1.38 bits per heavy atom. The van der Waals surface area contributed by atoms with Crippen LogP contribution in [0.2, 0.25) is 5.02 Å². The van der Waals surface area contributed by atoms with Crippen molar-refractivity contribution in [3.8, 4) is 0 Å². The zero-order chi connectivity index (χ0) is 11.7. The van der Waals surface area contributed by atoms with E-state index in [0.717, 1.165) is 28.6 Å². The summed E-state index contributed by atoms with van der Waals surface area (Å²) in [6.45, 7) is 3.92. The lowest BCUT2D eigenvalue weighted by molar-refractivity contribution is 0.0989. The van der Waals surface area contributed by atoms with E-state index >= 15 is 0 Å². The molecule has 0 fully saturated rings. The minimum absolute atomic E-state index is 0.172. The lowest BCUT2D eigenvalue weighted by Crippen LogP contribution is -1.99. The van der Waals surface area contributed by atoms with Gasteiger partial charge in [-0.2, -0.15) is 0 Å². The van der Waals surface area contributed by atoms with Gasteiger partial charge in [0.05, 0.1) is 0 Å². The van der Waals surface area contributed by atoms with Crippen LogP contribution in [0.25, 0.3) is 10.9 Å². The van der Waals surface area contributed by atoms with Crippen LogP contribution in [0, 0.1) is 0 Å². The largest absolute Gasteiger partial charge is 0.358 e. The summed E-state index contributed by atoms with van der Waals surface area (Å²) in [5, 5.41) is 1.61. The lowest BCUT2D eigenvalue weighted by Gasteiger charge is -1.99. The number of aryl methyl sites for hydroxylation is 1. The molecule has 0 unspecified atom stereocenters. The maximum atomic E-state index is 11.9. The standard InChI is InChI=1S/C13H14ClNO/c1-3-10-13(12(16)4-2)9-7-8(14)5-6-11(9)15-10/h5-7,15H,3-4H2,1-2H3. The van der Waals surface area contributed by atoms with E-state index in [4.69, 9.17) is 11.6 Å². The quantitative estimate of drug-likeness (QED) is 0.802. The Balaban J connectivity index is 2.75. The summed E-state index contributed by atoms with van der Waals surface area (Å²) in [6, 6.07) is 5.61. The van der Waals surface area contributed by atoms with Crippen molar-refractivity contribution in [2.45, 2.75) is 26.7 Å². The van der Waals surface area contributed by atoms with Gasteiger partial charge in [-0.1, -0.05) is 25.4 Å². The summed E-state index contributed by atoms with van der Waals surface area (Å²) in [4.78, 5) is 15.2. The topological polar surface area (TPSA) is 32.9 Å². The summed E-state index contributed by atoms with van der Waals surface area (Å²) in [7, 11) is 0. The van der Waals surface area contributed by atoms with Crippen molar-refractivity contribution in [1.29, 1.82) is 0 Å². The third-order valence-corrected chi connectivity index (χ3v) is 3.03. The average Bonchev–Trinajstić information content (AvgIpc) is 2.65. The second-order valence-electron chi connectivity index (χ2n) is 3.80. The molecule has 2 aromatic rings. The Labute approximate surface area is 99.6 Å². The number of carbonyl (C=O) groups excluding carboxylic acids is 1. The molecule has 2 rings (SSSR count). The zero-order valence-electron chi connectivity index (χ0n) is 9.43. The first-order valence-corrected chi connectivity index (χ1v) is 5.88. The van der Waals surface area contributed by atoms with Crippen molar-refractivity contribution in [2.75, 3.05) is 0 Å². The Morgan fingerprint density at radius 3 is 2.75 bits per heavy atom. The van der Waals surface area contributed by atoms with Crippen LogP contribution in [-0.2, 0) is 6.42 Å². The van der Waals surface area contributed by atoms with E-state index < -0.39 is 0 Å². The van der Waals surface area contributed by atoms with Crippen LogP contribution >= 0.6 is 11.6 Å². The van der Waals surface area contributed by atoms with Gasteiger partial charge in [-0.3, -0.25) is 4.79 Å². The molecule has 0 spiro atoms. The van der Waals surface area contributed by atoms with Gasteiger partial charge < -0.3 is 4.98 Å². The summed E-state index contributed by atoms with van der Waals surface area (Å²) in [6.07, 6.45) is 1.35. The fraction of sp³-hybridized carbons (Fsp3) is 0.308. The van der Waals surface area contributed by atoms with Gasteiger partial charge in [0, 0.05) is 33.6 Å². The van der Waals surface area contributed by atoms with E-state index in [1.54, 1.807) is 0 Å². The number of H-pyrrole nitrogens is 1. The van der Waals surface area contributed by atoms with Gasteiger partial charge in [0.2, 0.25) is 0 Å². The molecule has 16 heavy (non-hydrogen) atoms. The smallest absolute Gasteiger partial charge is 0.165 e. The molecule has 2 nitrogen and oxygen atoms in total. The molecule has 1 N–H and O–H groups in total. The molecular formula is C13H14ClNO. The van der Waals surface area contributed by atoms with E-state index in [9.17, 15) is 4.79 Å². The molecule has 0 aliphatic heterocycles. The molecule has 0 bridgehead atoms. The molecule has 0 atom stereocenters. The number of hydrogen-bond donors (Lipinski definition) is 1. The predicted molar refractivity (Wildman–Crippen MR) is 67.3 cm³/mol. The molecule has 0 amide bonds. The number of aromatic amines is 1. The van der Waals surface area contributed by atoms with Crippen LogP contribution in [0.4, 0.5) is 0 Å². The highest BCUT2D eigenvalue weighted by molar-refractivity contribution is 6.31. The maximum absolute atomic E-state index is 11.9. The van der Waals surface area contributed by atoms with Crippen LogP contribution < -0.4 is 0 Å². The highest BCUT2D eigenvalue weighted by atomic mass is 35.5. The summed E-state index contributed by atoms with van der Waals surface area (Å²) in [5.41, 5.74) is 2.80. The third-order valence-electron chi connectivity index (χ3n) is 2.79. The molecule has 0 aliphatic rings. The zero-order valence-corrected chi connectivity index (χ0v) is 10.2. The number of rotatable bonds is 3. The van der Waals surface area contributed by atoms with Gasteiger partial charge in [-0.25, -0.2) is 0 Å². The Bertz CT molecular complexity index is 542. The minimum atomic E-state index is 0.172. The number of aromatic nitrogens is 1. The van der Waals surface area contributed by atoms with Crippen molar-refractivity contribution in [3.63, 3.8) is 0 Å². The minimum Gasteiger partial charge on any atom is -0.358 e. The lowest BCUT2D eigenvalue weighted by atomic mass is 10.0. The molecule has 1 heterocycles. The van der Waals surface area contributed by atoms with Crippen LogP contribution in [0.3, 0.4) is 0 Å². The fourth-order valence-corrected chi connectivity index (χ4v) is 2.15. The van der Waals surface area contributed by atoms with Gasteiger partial charge in [-0.05, 0) is 24.6 Å². The van der Waals surface area contributed by atoms with Crippen molar-refractivity contribution in [1.82, 2.24) is 4.98 Å². The Hall–Kier alpha value is -1.28. The monoisotopic (exact) mass is 235 g/mol. The van der Waals surface area contributed by atoms with E-state index in [-0.39, 0.29) is 5.78 Å². The molecular weight excluding hydrogens is 222 g/mol. The van der Waals surface area contributed by atoms with Crippen LogP contribution in [0.1, 0.15) is 36.3 Å². The van der Waals surface area contributed by atoms with Gasteiger partial charge in [0.15, 0.2) is 5.78 Å². The summed E-state index contributed by atoms with van der Waals surface area (Å²) in [5.74, 6) is 0.172. The average molecular weight is 236 g/mol. The molecule has 0 saturated carbocycles. The van der Waals surface area contributed by atoms with E-state index in [0.29, 0.717) is 11.4 Å².